The maximum absolute atomic E-state index is 12.0. The first kappa shape index (κ1) is 18.5. The van der Waals surface area contributed by atoms with Crippen molar-refractivity contribution in [1.82, 2.24) is 0 Å². The molecule has 0 heterocycles. The van der Waals surface area contributed by atoms with Gasteiger partial charge in [-0.05, 0) is 43.7 Å². The highest BCUT2D eigenvalue weighted by Gasteiger charge is 2.09. The topological polar surface area (TPSA) is 64.6 Å². The highest BCUT2D eigenvalue weighted by molar-refractivity contribution is 5.95. The van der Waals surface area contributed by atoms with E-state index in [4.69, 9.17) is 9.47 Å². The van der Waals surface area contributed by atoms with Crippen LogP contribution in [0.1, 0.15) is 35.7 Å². The SMILES string of the molecule is CCCCOC(=O)c1cccc(NC(=O)COc2ccc(C)cc2)c1. The molecular formula is C20H23NO4. The molecule has 0 aliphatic heterocycles. The van der Waals surface area contributed by atoms with E-state index >= 15 is 0 Å². The Morgan fingerprint density at radius 1 is 1.08 bits per heavy atom. The van der Waals surface area contributed by atoms with Crippen molar-refractivity contribution >= 4 is 17.6 Å². The molecule has 0 saturated heterocycles. The quantitative estimate of drug-likeness (QED) is 0.583. The fourth-order valence-corrected chi connectivity index (χ4v) is 2.10. The van der Waals surface area contributed by atoms with Crippen molar-refractivity contribution in [3.05, 3.63) is 59.7 Å². The van der Waals surface area contributed by atoms with Gasteiger partial charge in [-0.25, -0.2) is 4.79 Å². The van der Waals surface area contributed by atoms with Crippen LogP contribution in [0.25, 0.3) is 0 Å². The van der Waals surface area contributed by atoms with Gasteiger partial charge in [-0.1, -0.05) is 37.1 Å². The zero-order valence-electron chi connectivity index (χ0n) is 14.6. The second-order valence-electron chi connectivity index (χ2n) is 5.72. The number of anilines is 1. The van der Waals surface area contributed by atoms with Gasteiger partial charge in [0.2, 0.25) is 0 Å². The lowest BCUT2D eigenvalue weighted by Gasteiger charge is -2.09. The molecule has 0 bridgehead atoms. The first-order chi connectivity index (χ1) is 12.1. The van der Waals surface area contributed by atoms with Crippen LogP contribution in [0.2, 0.25) is 0 Å². The van der Waals surface area contributed by atoms with Crippen molar-refractivity contribution in [3.8, 4) is 5.75 Å². The van der Waals surface area contributed by atoms with Gasteiger partial charge in [-0.3, -0.25) is 4.79 Å². The summed E-state index contributed by atoms with van der Waals surface area (Å²) in [4.78, 5) is 23.9. The number of hydrogen-bond donors (Lipinski definition) is 1. The minimum absolute atomic E-state index is 0.103. The number of nitrogens with one attached hydrogen (secondary N) is 1. The van der Waals surface area contributed by atoms with Gasteiger partial charge in [0.15, 0.2) is 6.61 Å². The van der Waals surface area contributed by atoms with Gasteiger partial charge in [-0.15, -0.1) is 0 Å². The number of carbonyl (C=O) groups excluding carboxylic acids is 2. The van der Waals surface area contributed by atoms with E-state index in [0.717, 1.165) is 18.4 Å². The summed E-state index contributed by atoms with van der Waals surface area (Å²) in [5, 5.41) is 2.71. The van der Waals surface area contributed by atoms with Crippen LogP contribution in [0.15, 0.2) is 48.5 Å². The fraction of sp³-hybridized carbons (Fsp3) is 0.300. The van der Waals surface area contributed by atoms with E-state index in [-0.39, 0.29) is 18.5 Å². The van der Waals surface area contributed by atoms with Gasteiger partial charge >= 0.3 is 5.97 Å². The van der Waals surface area contributed by atoms with Crippen LogP contribution in [0.3, 0.4) is 0 Å². The molecule has 0 radical (unpaired) electrons. The molecule has 132 valence electrons. The van der Waals surface area contributed by atoms with E-state index in [1.807, 2.05) is 38.1 Å². The number of unbranched alkanes of at least 4 members (excludes halogenated alkanes) is 1. The number of benzene rings is 2. The van der Waals surface area contributed by atoms with Crippen LogP contribution in [0.5, 0.6) is 5.75 Å². The van der Waals surface area contributed by atoms with E-state index in [1.54, 1.807) is 24.3 Å². The number of amides is 1. The van der Waals surface area contributed by atoms with Crippen molar-refractivity contribution in [2.45, 2.75) is 26.7 Å². The molecule has 5 nitrogen and oxygen atoms in total. The predicted octanol–water partition coefficient (Wildman–Crippen LogP) is 3.97. The third-order valence-electron chi connectivity index (χ3n) is 3.50. The fourth-order valence-electron chi connectivity index (χ4n) is 2.10. The zero-order valence-corrected chi connectivity index (χ0v) is 14.6. The largest absolute Gasteiger partial charge is 0.484 e. The van der Waals surface area contributed by atoms with Crippen LogP contribution < -0.4 is 10.1 Å². The lowest BCUT2D eigenvalue weighted by Crippen LogP contribution is -2.20. The standard InChI is InChI=1S/C20H23NO4/c1-3-4-12-24-20(23)16-6-5-7-17(13-16)21-19(22)14-25-18-10-8-15(2)9-11-18/h5-11,13H,3-4,12,14H2,1-2H3,(H,21,22). The molecule has 25 heavy (non-hydrogen) atoms. The molecule has 1 amide bonds. The molecule has 2 aromatic rings. The number of ether oxygens (including phenoxy) is 2. The second-order valence-corrected chi connectivity index (χ2v) is 5.72. The molecule has 5 heteroatoms. The number of rotatable bonds is 8. The Morgan fingerprint density at radius 2 is 1.84 bits per heavy atom. The molecule has 0 unspecified atom stereocenters. The Balaban J connectivity index is 1.86. The smallest absolute Gasteiger partial charge is 0.338 e. The minimum Gasteiger partial charge on any atom is -0.484 e. The Kier molecular flexibility index (Phi) is 7.01. The van der Waals surface area contributed by atoms with Crippen molar-refractivity contribution in [1.29, 1.82) is 0 Å². The van der Waals surface area contributed by atoms with E-state index < -0.39 is 0 Å². The molecular weight excluding hydrogens is 318 g/mol. The van der Waals surface area contributed by atoms with Gasteiger partial charge in [-0.2, -0.15) is 0 Å². The summed E-state index contributed by atoms with van der Waals surface area (Å²) >= 11 is 0. The number of esters is 1. The summed E-state index contributed by atoms with van der Waals surface area (Å²) in [5.41, 5.74) is 2.07. The van der Waals surface area contributed by atoms with E-state index in [0.29, 0.717) is 23.6 Å². The van der Waals surface area contributed by atoms with Crippen LogP contribution in [0.4, 0.5) is 5.69 Å². The van der Waals surface area contributed by atoms with E-state index in [9.17, 15) is 9.59 Å². The second kappa shape index (κ2) is 9.47. The first-order valence-corrected chi connectivity index (χ1v) is 8.35. The molecule has 1 N–H and O–H groups in total. The van der Waals surface area contributed by atoms with Crippen LogP contribution in [-0.2, 0) is 9.53 Å². The molecule has 0 saturated carbocycles. The summed E-state index contributed by atoms with van der Waals surface area (Å²) in [7, 11) is 0. The van der Waals surface area contributed by atoms with Crippen molar-refractivity contribution in [3.63, 3.8) is 0 Å². The lowest BCUT2D eigenvalue weighted by molar-refractivity contribution is -0.118. The highest BCUT2D eigenvalue weighted by atomic mass is 16.5. The van der Waals surface area contributed by atoms with Crippen molar-refractivity contribution < 1.29 is 19.1 Å². The first-order valence-electron chi connectivity index (χ1n) is 8.35. The Bertz CT molecular complexity index is 710. The summed E-state index contributed by atoms with van der Waals surface area (Å²) in [6.45, 7) is 4.31. The molecule has 0 aromatic heterocycles. The zero-order chi connectivity index (χ0) is 18.1. The van der Waals surface area contributed by atoms with Gasteiger partial charge in [0, 0.05) is 5.69 Å². The number of hydrogen-bond acceptors (Lipinski definition) is 4. The number of carbonyl (C=O) groups is 2. The molecule has 0 atom stereocenters. The molecule has 0 aliphatic carbocycles. The highest BCUT2D eigenvalue weighted by Crippen LogP contribution is 2.13. The maximum atomic E-state index is 12.0. The summed E-state index contributed by atoms with van der Waals surface area (Å²) < 4.78 is 10.6. The van der Waals surface area contributed by atoms with Gasteiger partial charge < -0.3 is 14.8 Å². The Labute approximate surface area is 148 Å². The molecule has 2 rings (SSSR count). The average molecular weight is 341 g/mol. The number of aryl methyl sites for hydroxylation is 1. The third kappa shape index (κ3) is 6.30. The molecule has 0 fully saturated rings. The monoisotopic (exact) mass is 341 g/mol. The van der Waals surface area contributed by atoms with Crippen molar-refractivity contribution in [2.24, 2.45) is 0 Å². The summed E-state index contributed by atoms with van der Waals surface area (Å²) in [6.07, 6.45) is 1.79. The normalized spacial score (nSPS) is 10.2. The van der Waals surface area contributed by atoms with Crippen LogP contribution >= 0.6 is 0 Å². The van der Waals surface area contributed by atoms with Crippen LogP contribution in [0, 0.1) is 6.92 Å². The Hall–Kier alpha value is -2.82. The van der Waals surface area contributed by atoms with Crippen molar-refractivity contribution in [2.75, 3.05) is 18.5 Å². The van der Waals surface area contributed by atoms with Gasteiger partial charge in [0.1, 0.15) is 5.75 Å². The lowest BCUT2D eigenvalue weighted by atomic mass is 10.2. The molecule has 0 spiro atoms. The molecule has 0 aliphatic rings. The van der Waals surface area contributed by atoms with Gasteiger partial charge in [0.05, 0.1) is 12.2 Å². The average Bonchev–Trinajstić information content (AvgIpc) is 2.61. The Morgan fingerprint density at radius 3 is 2.56 bits per heavy atom. The predicted molar refractivity (Wildman–Crippen MR) is 96.9 cm³/mol. The van der Waals surface area contributed by atoms with Crippen LogP contribution in [-0.4, -0.2) is 25.1 Å². The van der Waals surface area contributed by atoms with E-state index in [1.165, 1.54) is 0 Å². The third-order valence-corrected chi connectivity index (χ3v) is 3.50. The van der Waals surface area contributed by atoms with E-state index in [2.05, 4.69) is 5.32 Å². The minimum atomic E-state index is -0.388. The molecule has 2 aromatic carbocycles. The summed E-state index contributed by atoms with van der Waals surface area (Å²) in [5.74, 6) is -0.0495. The summed E-state index contributed by atoms with van der Waals surface area (Å²) in [6, 6.07) is 14.1. The maximum Gasteiger partial charge on any atom is 0.338 e. The van der Waals surface area contributed by atoms with Gasteiger partial charge in [0.25, 0.3) is 5.91 Å².